The van der Waals surface area contributed by atoms with Crippen molar-refractivity contribution in [1.29, 1.82) is 0 Å². The molecule has 0 bridgehead atoms. The molecule has 2 aromatic carbocycles. The van der Waals surface area contributed by atoms with Gasteiger partial charge in [0.15, 0.2) is 12.4 Å². The monoisotopic (exact) mass is 423 g/mol. The van der Waals surface area contributed by atoms with E-state index in [1.54, 1.807) is 24.1 Å². The highest BCUT2D eigenvalue weighted by Crippen LogP contribution is 2.29. The minimum Gasteiger partial charge on any atom is -0.496 e. The summed E-state index contributed by atoms with van der Waals surface area (Å²) in [4.78, 5) is 12.3. The number of hydrogen-bond acceptors (Lipinski definition) is 6. The molecular weight excluding hydrogens is 406 g/mol. The van der Waals surface area contributed by atoms with Gasteiger partial charge in [-0.05, 0) is 23.8 Å². The van der Waals surface area contributed by atoms with Crippen molar-refractivity contribution in [3.8, 4) is 17.0 Å². The fraction of sp³-hybridized carbons (Fsp3) is 0.136. The minimum absolute atomic E-state index is 0.0450. The van der Waals surface area contributed by atoms with E-state index in [0.29, 0.717) is 34.3 Å². The molecule has 0 aliphatic heterocycles. The molecule has 4 rings (SSSR count). The maximum atomic E-state index is 12.3. The number of carbonyl (C=O) groups excluding carboxylic acids is 1. The van der Waals surface area contributed by atoms with E-state index in [4.69, 9.17) is 25.6 Å². The number of esters is 1. The molecule has 0 spiro atoms. The summed E-state index contributed by atoms with van der Waals surface area (Å²) in [6.07, 6.45) is 3.08. The Labute approximate surface area is 177 Å². The third kappa shape index (κ3) is 4.36. The number of carbonyl (C=O) groups is 1. The molecule has 0 radical (unpaired) electrons. The standard InChI is InChI=1S/C22H18ClN3O4/c1-28-21-9-5-3-7-18(21)20-10-17(30-25-20)14-29-22(27)16-11-24-26(13-16)12-15-6-2-4-8-19(15)23/h2-11,13H,12,14H2,1H3. The molecule has 0 unspecified atom stereocenters. The van der Waals surface area contributed by atoms with E-state index in [2.05, 4.69) is 10.3 Å². The first kappa shape index (κ1) is 19.7. The van der Waals surface area contributed by atoms with Crippen molar-refractivity contribution in [1.82, 2.24) is 14.9 Å². The van der Waals surface area contributed by atoms with Crippen LogP contribution < -0.4 is 4.74 Å². The van der Waals surface area contributed by atoms with Gasteiger partial charge in [0.25, 0.3) is 0 Å². The van der Waals surface area contributed by atoms with Crippen LogP contribution in [0.5, 0.6) is 5.75 Å². The molecule has 0 amide bonds. The molecule has 4 aromatic rings. The topological polar surface area (TPSA) is 79.4 Å². The summed E-state index contributed by atoms with van der Waals surface area (Å²) in [6.45, 7) is 0.411. The van der Waals surface area contributed by atoms with Gasteiger partial charge >= 0.3 is 5.97 Å². The Kier molecular flexibility index (Phi) is 5.81. The third-order valence-corrected chi connectivity index (χ3v) is 4.82. The number of aromatic nitrogens is 3. The fourth-order valence-electron chi connectivity index (χ4n) is 2.94. The van der Waals surface area contributed by atoms with E-state index in [1.165, 1.54) is 6.20 Å². The lowest BCUT2D eigenvalue weighted by molar-refractivity contribution is 0.0437. The zero-order valence-electron chi connectivity index (χ0n) is 16.1. The molecular formula is C22H18ClN3O4. The van der Waals surface area contributed by atoms with E-state index in [-0.39, 0.29) is 6.61 Å². The summed E-state index contributed by atoms with van der Waals surface area (Å²) in [5, 5.41) is 8.88. The third-order valence-electron chi connectivity index (χ3n) is 4.45. The van der Waals surface area contributed by atoms with E-state index in [9.17, 15) is 4.79 Å². The molecule has 2 aromatic heterocycles. The average molecular weight is 424 g/mol. The Morgan fingerprint density at radius 2 is 1.97 bits per heavy atom. The number of hydrogen-bond donors (Lipinski definition) is 0. The van der Waals surface area contributed by atoms with Gasteiger partial charge in [0.2, 0.25) is 0 Å². The highest BCUT2D eigenvalue weighted by atomic mass is 35.5. The molecule has 0 saturated carbocycles. The van der Waals surface area contributed by atoms with E-state index in [1.807, 2.05) is 48.5 Å². The summed E-state index contributed by atoms with van der Waals surface area (Å²) in [7, 11) is 1.59. The average Bonchev–Trinajstić information content (AvgIpc) is 3.43. The largest absolute Gasteiger partial charge is 0.496 e. The van der Waals surface area contributed by atoms with Crippen molar-refractivity contribution in [2.75, 3.05) is 7.11 Å². The summed E-state index contributed by atoms with van der Waals surface area (Å²) >= 11 is 6.17. The minimum atomic E-state index is -0.504. The van der Waals surface area contributed by atoms with Gasteiger partial charge in [0.1, 0.15) is 11.4 Å². The second-order valence-electron chi connectivity index (χ2n) is 6.47. The van der Waals surface area contributed by atoms with Crippen LogP contribution >= 0.6 is 11.6 Å². The normalized spacial score (nSPS) is 10.7. The lowest BCUT2D eigenvalue weighted by atomic mass is 10.1. The zero-order chi connectivity index (χ0) is 20.9. The summed E-state index contributed by atoms with van der Waals surface area (Å²) in [5.41, 5.74) is 2.65. The van der Waals surface area contributed by atoms with Gasteiger partial charge in [0, 0.05) is 22.8 Å². The molecule has 0 atom stereocenters. The second-order valence-corrected chi connectivity index (χ2v) is 6.88. The lowest BCUT2D eigenvalue weighted by Crippen LogP contribution is -2.04. The number of rotatable bonds is 7. The number of nitrogens with zero attached hydrogens (tertiary/aromatic N) is 3. The predicted molar refractivity (Wildman–Crippen MR) is 110 cm³/mol. The van der Waals surface area contributed by atoms with E-state index in [0.717, 1.165) is 11.1 Å². The van der Waals surface area contributed by atoms with Gasteiger partial charge in [-0.2, -0.15) is 5.10 Å². The molecule has 0 N–H and O–H groups in total. The Balaban J connectivity index is 1.38. The first-order chi connectivity index (χ1) is 14.6. The van der Waals surface area contributed by atoms with Gasteiger partial charge in [-0.3, -0.25) is 4.68 Å². The smallest absolute Gasteiger partial charge is 0.341 e. The van der Waals surface area contributed by atoms with Crippen LogP contribution in [-0.2, 0) is 17.9 Å². The van der Waals surface area contributed by atoms with Crippen LogP contribution in [0.3, 0.4) is 0 Å². The second kappa shape index (κ2) is 8.84. The van der Waals surface area contributed by atoms with Crippen LogP contribution in [0.25, 0.3) is 11.3 Å². The van der Waals surface area contributed by atoms with Crippen LogP contribution in [0.4, 0.5) is 0 Å². The number of ether oxygens (including phenoxy) is 2. The van der Waals surface area contributed by atoms with Crippen LogP contribution in [0.1, 0.15) is 21.7 Å². The van der Waals surface area contributed by atoms with Crippen molar-refractivity contribution < 1.29 is 18.8 Å². The van der Waals surface area contributed by atoms with Gasteiger partial charge < -0.3 is 14.0 Å². The molecule has 152 valence electrons. The zero-order valence-corrected chi connectivity index (χ0v) is 16.9. The lowest BCUT2D eigenvalue weighted by Gasteiger charge is -2.04. The number of para-hydroxylation sites is 1. The Morgan fingerprint density at radius 3 is 2.80 bits per heavy atom. The van der Waals surface area contributed by atoms with Crippen molar-refractivity contribution in [2.45, 2.75) is 13.2 Å². The van der Waals surface area contributed by atoms with Crippen LogP contribution in [0.15, 0.2) is 71.5 Å². The molecule has 30 heavy (non-hydrogen) atoms. The molecule has 0 aliphatic carbocycles. The SMILES string of the molecule is COc1ccccc1-c1cc(COC(=O)c2cnn(Cc3ccccc3Cl)c2)on1. The Morgan fingerprint density at radius 1 is 1.17 bits per heavy atom. The first-order valence-corrected chi connectivity index (χ1v) is 9.54. The van der Waals surface area contributed by atoms with Crippen LogP contribution in [-0.4, -0.2) is 28.0 Å². The molecule has 0 saturated heterocycles. The first-order valence-electron chi connectivity index (χ1n) is 9.16. The van der Waals surface area contributed by atoms with Crippen molar-refractivity contribution >= 4 is 17.6 Å². The Bertz CT molecular complexity index is 1170. The van der Waals surface area contributed by atoms with Crippen LogP contribution in [0.2, 0.25) is 5.02 Å². The predicted octanol–water partition coefficient (Wildman–Crippen LogP) is 4.61. The number of methoxy groups -OCH3 is 1. The van der Waals surface area contributed by atoms with Gasteiger partial charge in [-0.25, -0.2) is 4.79 Å². The van der Waals surface area contributed by atoms with Gasteiger partial charge in [0.05, 0.1) is 25.4 Å². The van der Waals surface area contributed by atoms with E-state index >= 15 is 0 Å². The highest BCUT2D eigenvalue weighted by molar-refractivity contribution is 6.31. The van der Waals surface area contributed by atoms with Crippen molar-refractivity contribution in [3.63, 3.8) is 0 Å². The molecule has 0 fully saturated rings. The van der Waals surface area contributed by atoms with Crippen LogP contribution in [0, 0.1) is 0 Å². The maximum absolute atomic E-state index is 12.3. The molecule has 7 nitrogen and oxygen atoms in total. The van der Waals surface area contributed by atoms with Crippen molar-refractivity contribution in [3.05, 3.63) is 88.9 Å². The molecule has 8 heteroatoms. The Hall–Kier alpha value is -3.58. The summed E-state index contributed by atoms with van der Waals surface area (Å²) in [6, 6.07) is 16.7. The van der Waals surface area contributed by atoms with Gasteiger partial charge in [-0.15, -0.1) is 0 Å². The fourth-order valence-corrected chi connectivity index (χ4v) is 3.14. The molecule has 0 aliphatic rings. The number of halogens is 1. The summed E-state index contributed by atoms with van der Waals surface area (Å²) < 4.78 is 17.6. The van der Waals surface area contributed by atoms with Gasteiger partial charge in [-0.1, -0.05) is 47.1 Å². The summed E-state index contributed by atoms with van der Waals surface area (Å²) in [5.74, 6) is 0.601. The maximum Gasteiger partial charge on any atom is 0.341 e. The molecule has 2 heterocycles. The van der Waals surface area contributed by atoms with E-state index < -0.39 is 5.97 Å². The number of benzene rings is 2. The quantitative estimate of drug-likeness (QED) is 0.404. The van der Waals surface area contributed by atoms with Crippen molar-refractivity contribution in [2.24, 2.45) is 0 Å². The highest BCUT2D eigenvalue weighted by Gasteiger charge is 2.15.